The van der Waals surface area contributed by atoms with Crippen molar-refractivity contribution < 1.29 is 24.9 Å². The molecule has 4 aromatic heterocycles. The van der Waals surface area contributed by atoms with E-state index < -0.39 is 23.1 Å². The molecular formula is C30H14N4O5. The number of aliphatic hydroxyl groups is 2. The van der Waals surface area contributed by atoms with Crippen LogP contribution in [0.5, 0.6) is 5.75 Å². The summed E-state index contributed by atoms with van der Waals surface area (Å²) in [5, 5.41) is 34.7. The third-order valence-corrected chi connectivity index (χ3v) is 7.36. The number of phenolic OH excluding ortho intramolecular Hbond substituents is 1. The molecule has 2 aliphatic carbocycles. The van der Waals surface area contributed by atoms with Crippen molar-refractivity contribution in [2.24, 2.45) is 0 Å². The Bertz CT molecular complexity index is 2250. The van der Waals surface area contributed by atoms with Crippen LogP contribution in [-0.4, -0.2) is 46.8 Å². The Balaban J connectivity index is 1.50. The van der Waals surface area contributed by atoms with E-state index in [2.05, 4.69) is 19.9 Å². The lowest BCUT2D eigenvalue weighted by molar-refractivity contribution is 0.0966. The minimum atomic E-state index is -0.772. The van der Waals surface area contributed by atoms with Gasteiger partial charge in [0.25, 0.3) is 0 Å². The smallest absolute Gasteiger partial charge is 0.246 e. The van der Waals surface area contributed by atoms with Crippen molar-refractivity contribution in [3.05, 3.63) is 101 Å². The van der Waals surface area contributed by atoms with E-state index in [-0.39, 0.29) is 28.3 Å². The maximum atomic E-state index is 13.6. The molecule has 39 heavy (non-hydrogen) atoms. The number of aromatic hydroxyl groups is 1. The molecule has 0 radical (unpaired) electrons. The van der Waals surface area contributed by atoms with Crippen molar-refractivity contribution in [2.75, 3.05) is 0 Å². The highest BCUT2D eigenvalue weighted by Crippen LogP contribution is 2.48. The summed E-state index contributed by atoms with van der Waals surface area (Å²) in [5.41, 5.74) is 2.64. The van der Waals surface area contributed by atoms with E-state index in [1.165, 1.54) is 18.3 Å². The zero-order chi connectivity index (χ0) is 26.6. The lowest BCUT2D eigenvalue weighted by Crippen LogP contribution is -2.20. The number of carbonyl (C=O) groups excluding carboxylic acids is 2. The first-order valence-corrected chi connectivity index (χ1v) is 12.0. The highest BCUT2D eigenvalue weighted by molar-refractivity contribution is 6.36. The summed E-state index contributed by atoms with van der Waals surface area (Å²) in [6.07, 6.45) is 3.05. The summed E-state index contributed by atoms with van der Waals surface area (Å²) in [7, 11) is 0. The molecule has 0 fully saturated rings. The molecule has 9 nitrogen and oxygen atoms in total. The van der Waals surface area contributed by atoms with Gasteiger partial charge in [0, 0.05) is 45.1 Å². The van der Waals surface area contributed by atoms with E-state index in [9.17, 15) is 24.9 Å². The summed E-state index contributed by atoms with van der Waals surface area (Å²) in [4.78, 5) is 45.1. The third kappa shape index (κ3) is 2.62. The van der Waals surface area contributed by atoms with Crippen LogP contribution in [0.25, 0.3) is 54.8 Å². The molecule has 0 spiro atoms. The normalized spacial score (nSPS) is 14.9. The molecule has 0 unspecified atom stereocenters. The van der Waals surface area contributed by atoms with Crippen molar-refractivity contribution in [3.63, 3.8) is 0 Å². The van der Waals surface area contributed by atoms with Gasteiger partial charge >= 0.3 is 0 Å². The number of fused-ring (bicyclic) bond motifs is 4. The number of benzene rings is 2. The van der Waals surface area contributed by atoms with Crippen LogP contribution in [0.1, 0.15) is 32.1 Å². The summed E-state index contributed by atoms with van der Waals surface area (Å²) >= 11 is 0. The number of allylic oxidation sites excluding steroid dienone is 4. The summed E-state index contributed by atoms with van der Waals surface area (Å²) < 4.78 is 0. The highest BCUT2D eigenvalue weighted by Gasteiger charge is 2.38. The van der Waals surface area contributed by atoms with E-state index in [1.54, 1.807) is 36.5 Å². The van der Waals surface area contributed by atoms with Gasteiger partial charge in [-0.2, -0.15) is 0 Å². The Morgan fingerprint density at radius 1 is 0.590 bits per heavy atom. The second-order valence-electron chi connectivity index (χ2n) is 9.41. The number of rotatable bonds is 1. The van der Waals surface area contributed by atoms with Crippen molar-refractivity contribution in [1.82, 2.24) is 19.9 Å². The quantitative estimate of drug-likeness (QED) is 0.253. The van der Waals surface area contributed by atoms with Crippen molar-refractivity contribution in [2.45, 2.75) is 0 Å². The Kier molecular flexibility index (Phi) is 3.95. The minimum absolute atomic E-state index is 0.00120. The van der Waals surface area contributed by atoms with Gasteiger partial charge < -0.3 is 15.3 Å². The Labute approximate surface area is 218 Å². The van der Waals surface area contributed by atoms with Crippen LogP contribution >= 0.6 is 0 Å². The maximum Gasteiger partial charge on any atom is 0.246 e. The molecule has 0 aliphatic heterocycles. The van der Waals surface area contributed by atoms with Crippen LogP contribution in [0.2, 0.25) is 0 Å². The maximum absolute atomic E-state index is 13.6. The minimum Gasteiger partial charge on any atom is -0.508 e. The average molecular weight is 510 g/mol. The Hall–Kier alpha value is -5.70. The predicted octanol–water partition coefficient (Wildman–Crippen LogP) is 5.22. The number of phenols is 1. The van der Waals surface area contributed by atoms with Crippen LogP contribution in [0.15, 0.2) is 78.5 Å². The first-order chi connectivity index (χ1) is 18.9. The number of Topliss-reactive ketones (excluding diaryl/α,β-unsaturated/α-hetero) is 2. The van der Waals surface area contributed by atoms with Gasteiger partial charge in [0.1, 0.15) is 17.1 Å². The molecule has 0 atom stereocenters. The molecule has 2 aliphatic rings. The van der Waals surface area contributed by atoms with Crippen LogP contribution in [0.4, 0.5) is 0 Å². The number of pyridine rings is 4. The lowest BCUT2D eigenvalue weighted by Gasteiger charge is -2.25. The zero-order valence-electron chi connectivity index (χ0n) is 19.8. The lowest BCUT2D eigenvalue weighted by atomic mass is 9.79. The molecule has 0 bridgehead atoms. The van der Waals surface area contributed by atoms with Crippen LogP contribution in [0, 0.1) is 0 Å². The van der Waals surface area contributed by atoms with E-state index in [0.717, 1.165) is 5.39 Å². The van der Waals surface area contributed by atoms with Gasteiger partial charge in [0.15, 0.2) is 11.5 Å². The predicted molar refractivity (Wildman–Crippen MR) is 144 cm³/mol. The summed E-state index contributed by atoms with van der Waals surface area (Å²) in [5.74, 6) is -2.82. The van der Waals surface area contributed by atoms with E-state index in [1.807, 2.05) is 12.1 Å². The molecule has 0 saturated carbocycles. The molecule has 2 aromatic carbocycles. The molecule has 4 heterocycles. The third-order valence-electron chi connectivity index (χ3n) is 7.36. The number of ketones is 2. The van der Waals surface area contributed by atoms with Gasteiger partial charge in [-0.1, -0.05) is 18.2 Å². The fourth-order valence-electron chi connectivity index (χ4n) is 5.70. The van der Waals surface area contributed by atoms with E-state index in [0.29, 0.717) is 49.4 Å². The number of aromatic nitrogens is 4. The van der Waals surface area contributed by atoms with E-state index in [4.69, 9.17) is 0 Å². The van der Waals surface area contributed by atoms with Crippen molar-refractivity contribution in [3.8, 4) is 5.75 Å². The molecule has 3 N–H and O–H groups in total. The second-order valence-corrected chi connectivity index (χ2v) is 9.41. The standard InChI is InChI=1S/C30H14N4O5/c35-12-5-6-18-16(11-12)24-22-15(8-10-32-24)20(28(37)30(39)26(22)34-18)19-14-7-9-31-23-13-3-1-2-4-17(13)33-25(21(14)23)29(38)27(19)36/h1-11,35-37H. The van der Waals surface area contributed by atoms with E-state index >= 15 is 0 Å². The molecule has 8 rings (SSSR count). The van der Waals surface area contributed by atoms with Gasteiger partial charge in [-0.3, -0.25) is 19.6 Å². The number of carbonyl (C=O) groups is 2. The van der Waals surface area contributed by atoms with Gasteiger partial charge in [-0.15, -0.1) is 0 Å². The highest BCUT2D eigenvalue weighted by atomic mass is 16.3. The molecule has 9 heteroatoms. The van der Waals surface area contributed by atoms with Crippen LogP contribution in [0.3, 0.4) is 0 Å². The number of aliphatic hydroxyl groups excluding tert-OH is 2. The van der Waals surface area contributed by atoms with Crippen molar-refractivity contribution >= 4 is 66.3 Å². The molecular weight excluding hydrogens is 496 g/mol. The Morgan fingerprint density at radius 2 is 1.13 bits per heavy atom. The molecule has 0 saturated heterocycles. The number of para-hydroxylation sites is 1. The molecule has 0 amide bonds. The fraction of sp³-hybridized carbons (Fsp3) is 0. The van der Waals surface area contributed by atoms with Gasteiger partial charge in [0.05, 0.1) is 22.1 Å². The zero-order valence-corrected chi connectivity index (χ0v) is 19.8. The fourth-order valence-corrected chi connectivity index (χ4v) is 5.70. The second kappa shape index (κ2) is 7.20. The Morgan fingerprint density at radius 3 is 1.74 bits per heavy atom. The van der Waals surface area contributed by atoms with Gasteiger partial charge in [-0.05, 0) is 47.5 Å². The largest absolute Gasteiger partial charge is 0.508 e. The SMILES string of the molecule is O=C1C(O)=C(C2=C(O)C(=O)c3nc4ccc(O)cc4c4nccc2c34)c2ccnc3c2c1nc1ccccc13. The van der Waals surface area contributed by atoms with Crippen LogP contribution in [-0.2, 0) is 0 Å². The topological polar surface area (TPSA) is 146 Å². The van der Waals surface area contributed by atoms with Crippen molar-refractivity contribution in [1.29, 1.82) is 0 Å². The van der Waals surface area contributed by atoms with Gasteiger partial charge in [0.2, 0.25) is 11.6 Å². The molecule has 6 aromatic rings. The average Bonchev–Trinajstić information content (AvgIpc) is 2.96. The first-order valence-electron chi connectivity index (χ1n) is 12.0. The monoisotopic (exact) mass is 510 g/mol. The number of hydrogen-bond acceptors (Lipinski definition) is 9. The number of nitrogens with zero attached hydrogens (tertiary/aromatic N) is 4. The summed E-state index contributed by atoms with van der Waals surface area (Å²) in [6.45, 7) is 0. The first kappa shape index (κ1) is 21.4. The van der Waals surface area contributed by atoms with Crippen LogP contribution < -0.4 is 0 Å². The number of hydrogen-bond donors (Lipinski definition) is 3. The molecule has 184 valence electrons. The van der Waals surface area contributed by atoms with Gasteiger partial charge in [-0.25, -0.2) is 9.97 Å². The summed E-state index contributed by atoms with van der Waals surface area (Å²) in [6, 6.07) is 15.0.